The Bertz CT molecular complexity index is 2660. The highest BCUT2D eigenvalue weighted by Gasteiger charge is 2.54. The van der Waals surface area contributed by atoms with Crippen molar-refractivity contribution in [2.24, 2.45) is 0 Å². The van der Waals surface area contributed by atoms with E-state index in [1.807, 2.05) is 12.1 Å². The van der Waals surface area contributed by atoms with Gasteiger partial charge in [0.05, 0.1) is 18.5 Å². The Hall–Kier alpha value is -7.32. The van der Waals surface area contributed by atoms with E-state index in [1.165, 1.54) is 44.5 Å². The van der Waals surface area contributed by atoms with E-state index in [2.05, 4.69) is 194 Å². The first-order chi connectivity index (χ1) is 31.8. The summed E-state index contributed by atoms with van der Waals surface area (Å²) < 4.78 is 5.43. The van der Waals surface area contributed by atoms with Crippen LogP contribution < -0.4 is 20.7 Å². The second-order valence-corrected chi connectivity index (χ2v) is 17.4. The van der Waals surface area contributed by atoms with E-state index in [-0.39, 0.29) is 23.7 Å². The Kier molecular flexibility index (Phi) is 13.2. The van der Waals surface area contributed by atoms with E-state index in [4.69, 9.17) is 24.7 Å². The van der Waals surface area contributed by atoms with Crippen molar-refractivity contribution in [1.29, 1.82) is 0 Å². The molecule has 1 saturated carbocycles. The number of hydrogen-bond acceptors (Lipinski definition) is 8. The quantitative estimate of drug-likeness (QED) is 0.0833. The Balaban J connectivity index is 1.13. The van der Waals surface area contributed by atoms with Gasteiger partial charge in [-0.1, -0.05) is 162 Å². The standard InChI is InChI=1S/C57H57N7O/c1-38-15-21-41(22-16-38)29-32-50-61-48(33-51(63-50)58-35-42-23-17-39(2)18-24-42)55-53(45-11-7-5-8-12-45)56(54(55)46-13-9-6-10-14-46)49-34-52(59-36-43-25-19-40(3)20-26-43)64-57(62-49)60-37-44-27-30-47(65-4)31-28-44/h5-28,30-31,33-34,53-56H,29,32,35-37H2,1-4H3,(H,58,61,63)(H2,59,60,62,64)/t53-,54-,55?,56?/m1/s1. The monoisotopic (exact) mass is 855 g/mol. The average Bonchev–Trinajstić information content (AvgIpc) is 3.33. The zero-order chi connectivity index (χ0) is 44.5. The number of rotatable bonds is 17. The molecule has 6 aromatic carbocycles. The first-order valence-corrected chi connectivity index (χ1v) is 22.7. The Labute approximate surface area is 383 Å². The van der Waals surface area contributed by atoms with Crippen molar-refractivity contribution in [2.45, 2.75) is 76.9 Å². The van der Waals surface area contributed by atoms with Gasteiger partial charge in [0.25, 0.3) is 0 Å². The summed E-state index contributed by atoms with van der Waals surface area (Å²) in [6.45, 7) is 8.23. The number of benzene rings is 6. The molecule has 0 amide bonds. The largest absolute Gasteiger partial charge is 0.497 e. The summed E-state index contributed by atoms with van der Waals surface area (Å²) >= 11 is 0. The van der Waals surface area contributed by atoms with Crippen molar-refractivity contribution in [2.75, 3.05) is 23.1 Å². The summed E-state index contributed by atoms with van der Waals surface area (Å²) in [5, 5.41) is 11.0. The number of aryl methyl sites for hydroxylation is 5. The van der Waals surface area contributed by atoms with E-state index < -0.39 is 0 Å². The lowest BCUT2D eigenvalue weighted by atomic mass is 9.50. The predicted octanol–water partition coefficient (Wildman–Crippen LogP) is 12.3. The summed E-state index contributed by atoms with van der Waals surface area (Å²) in [5.41, 5.74) is 13.0. The molecule has 0 bridgehead atoms. The van der Waals surface area contributed by atoms with Gasteiger partial charge in [-0.3, -0.25) is 0 Å². The van der Waals surface area contributed by atoms with E-state index in [0.29, 0.717) is 25.6 Å². The molecule has 0 radical (unpaired) electrons. The van der Waals surface area contributed by atoms with Crippen LogP contribution in [0.1, 0.15) is 91.0 Å². The third kappa shape index (κ3) is 10.6. The molecule has 8 heteroatoms. The van der Waals surface area contributed by atoms with E-state index >= 15 is 0 Å². The molecule has 2 heterocycles. The van der Waals surface area contributed by atoms with Gasteiger partial charge < -0.3 is 20.7 Å². The Morgan fingerprint density at radius 2 is 0.846 bits per heavy atom. The smallest absolute Gasteiger partial charge is 0.225 e. The normalized spacial score (nSPS) is 16.6. The second-order valence-electron chi connectivity index (χ2n) is 17.4. The molecule has 2 aromatic heterocycles. The molecule has 0 spiro atoms. The molecule has 65 heavy (non-hydrogen) atoms. The summed E-state index contributed by atoms with van der Waals surface area (Å²) in [4.78, 5) is 21.1. The van der Waals surface area contributed by atoms with Gasteiger partial charge in [-0.2, -0.15) is 4.98 Å². The molecule has 326 valence electrons. The van der Waals surface area contributed by atoms with Crippen LogP contribution in [0.3, 0.4) is 0 Å². The summed E-state index contributed by atoms with van der Waals surface area (Å²) in [7, 11) is 1.69. The van der Waals surface area contributed by atoms with Crippen LogP contribution in [-0.2, 0) is 32.5 Å². The molecule has 1 fully saturated rings. The lowest BCUT2D eigenvalue weighted by Gasteiger charge is -2.52. The summed E-state index contributed by atoms with van der Waals surface area (Å²) in [6.07, 6.45) is 1.58. The van der Waals surface area contributed by atoms with Gasteiger partial charge in [0.15, 0.2) is 0 Å². The van der Waals surface area contributed by atoms with Crippen LogP contribution in [0.5, 0.6) is 5.75 Å². The zero-order valence-corrected chi connectivity index (χ0v) is 37.7. The van der Waals surface area contributed by atoms with Crippen LogP contribution >= 0.6 is 0 Å². The van der Waals surface area contributed by atoms with Crippen LogP contribution in [-0.4, -0.2) is 27.0 Å². The van der Waals surface area contributed by atoms with E-state index in [1.54, 1.807) is 7.11 Å². The fourth-order valence-corrected chi connectivity index (χ4v) is 9.09. The molecule has 3 N–H and O–H groups in total. The first-order valence-electron chi connectivity index (χ1n) is 22.7. The lowest BCUT2D eigenvalue weighted by Crippen LogP contribution is -2.41. The molecule has 0 saturated heterocycles. The molecule has 1 aliphatic carbocycles. The van der Waals surface area contributed by atoms with Crippen molar-refractivity contribution in [3.05, 3.63) is 237 Å². The molecule has 8 nitrogen and oxygen atoms in total. The van der Waals surface area contributed by atoms with Crippen molar-refractivity contribution in [3.8, 4) is 5.75 Å². The maximum Gasteiger partial charge on any atom is 0.225 e. The minimum atomic E-state index is 0.00389. The average molecular weight is 856 g/mol. The summed E-state index contributed by atoms with van der Waals surface area (Å²) in [5.74, 6) is 4.00. The minimum Gasteiger partial charge on any atom is -0.497 e. The van der Waals surface area contributed by atoms with Gasteiger partial charge in [0, 0.05) is 61.9 Å². The van der Waals surface area contributed by atoms with Gasteiger partial charge >= 0.3 is 0 Å². The van der Waals surface area contributed by atoms with Crippen molar-refractivity contribution < 1.29 is 4.74 Å². The lowest BCUT2D eigenvalue weighted by molar-refractivity contribution is 0.219. The van der Waals surface area contributed by atoms with Crippen molar-refractivity contribution in [1.82, 2.24) is 19.9 Å². The SMILES string of the molecule is COc1ccc(CNc2nc(NCc3ccc(C)cc3)cc(C3[C@H](c4ccccc4)C(c4cc(NCc5ccc(C)cc5)nc(CCc5ccc(C)cc5)n4)[C@H]3c3ccccc3)n2)cc1. The van der Waals surface area contributed by atoms with Gasteiger partial charge in [-0.25, -0.2) is 15.0 Å². The van der Waals surface area contributed by atoms with Gasteiger partial charge in [0.2, 0.25) is 5.95 Å². The highest BCUT2D eigenvalue weighted by molar-refractivity contribution is 5.52. The third-order valence-corrected chi connectivity index (χ3v) is 12.7. The molecule has 9 rings (SSSR count). The topological polar surface area (TPSA) is 96.9 Å². The maximum absolute atomic E-state index is 5.50. The van der Waals surface area contributed by atoms with Crippen molar-refractivity contribution in [3.63, 3.8) is 0 Å². The molecular formula is C57H57N7O. The summed E-state index contributed by atoms with van der Waals surface area (Å²) in [6, 6.07) is 60.5. The highest BCUT2D eigenvalue weighted by Crippen LogP contribution is 2.66. The zero-order valence-electron chi connectivity index (χ0n) is 37.7. The molecule has 0 unspecified atom stereocenters. The molecular weight excluding hydrogens is 799 g/mol. The van der Waals surface area contributed by atoms with Crippen LogP contribution in [0.4, 0.5) is 17.6 Å². The molecule has 2 atom stereocenters. The highest BCUT2D eigenvalue weighted by atomic mass is 16.5. The number of hydrogen-bond donors (Lipinski definition) is 3. The van der Waals surface area contributed by atoms with Crippen LogP contribution in [0.15, 0.2) is 170 Å². The van der Waals surface area contributed by atoms with Crippen LogP contribution in [0.25, 0.3) is 0 Å². The number of methoxy groups -OCH3 is 1. The van der Waals surface area contributed by atoms with Gasteiger partial charge in [-0.05, 0) is 72.7 Å². The fourth-order valence-electron chi connectivity index (χ4n) is 9.09. The number of anilines is 3. The number of nitrogens with one attached hydrogen (secondary N) is 3. The minimum absolute atomic E-state index is 0.00389. The van der Waals surface area contributed by atoms with E-state index in [9.17, 15) is 0 Å². The van der Waals surface area contributed by atoms with E-state index in [0.717, 1.165) is 53.0 Å². The van der Waals surface area contributed by atoms with Crippen molar-refractivity contribution >= 4 is 17.6 Å². The Morgan fingerprint density at radius 1 is 0.415 bits per heavy atom. The number of aromatic nitrogens is 4. The Morgan fingerprint density at radius 3 is 1.34 bits per heavy atom. The van der Waals surface area contributed by atoms with Crippen LogP contribution in [0.2, 0.25) is 0 Å². The second kappa shape index (κ2) is 20.0. The maximum atomic E-state index is 5.50. The molecule has 0 aliphatic heterocycles. The number of ether oxygens (including phenoxy) is 1. The molecule has 8 aromatic rings. The van der Waals surface area contributed by atoms with Gasteiger partial charge in [-0.15, -0.1) is 0 Å². The third-order valence-electron chi connectivity index (χ3n) is 12.7. The number of nitrogens with zero attached hydrogens (tertiary/aromatic N) is 4. The van der Waals surface area contributed by atoms with Crippen LogP contribution in [0, 0.1) is 20.8 Å². The fraction of sp³-hybridized carbons (Fsp3) is 0.228. The predicted molar refractivity (Wildman–Crippen MR) is 264 cm³/mol. The molecule has 1 aliphatic rings. The van der Waals surface area contributed by atoms with Gasteiger partial charge in [0.1, 0.15) is 23.2 Å². The first kappa shape index (κ1) is 43.0.